The van der Waals surface area contributed by atoms with E-state index in [2.05, 4.69) is 14.5 Å². The van der Waals surface area contributed by atoms with Crippen LogP contribution in [0.25, 0.3) is 0 Å². The number of methoxy groups -OCH3 is 1. The van der Waals surface area contributed by atoms with E-state index in [4.69, 9.17) is 14.6 Å². The van der Waals surface area contributed by atoms with Gasteiger partial charge in [-0.15, -0.1) is 26.3 Å². The quantitative estimate of drug-likeness (QED) is 0.588. The standard InChI is InChI=1S/C16H17F6NO5.C2H6.CH4O/c1-8(24)3-10-6-13(25-2)26-14(23-10)9-4-11(27-15(17,18)19)7-12(5-9)28-16(20,21)22;2*1-2/h4-5,7-8,10,13,24H,3,6H2,1-2H3;1-2H3;2H,1H3. The third-order valence-corrected chi connectivity index (χ3v) is 3.48. The van der Waals surface area contributed by atoms with E-state index in [1.807, 2.05) is 13.8 Å². The van der Waals surface area contributed by atoms with Crippen LogP contribution >= 0.6 is 0 Å². The van der Waals surface area contributed by atoms with E-state index >= 15 is 0 Å². The first kappa shape index (κ1) is 29.8. The van der Waals surface area contributed by atoms with Gasteiger partial charge in [0.15, 0.2) is 0 Å². The second-order valence-corrected chi connectivity index (χ2v) is 5.98. The van der Waals surface area contributed by atoms with E-state index in [0.29, 0.717) is 6.07 Å². The maximum atomic E-state index is 12.5. The smallest absolute Gasteiger partial charge is 0.448 e. The van der Waals surface area contributed by atoms with E-state index in [1.54, 1.807) is 0 Å². The topological polar surface area (TPSA) is 89.7 Å². The van der Waals surface area contributed by atoms with Crippen LogP contribution in [0.1, 0.15) is 39.2 Å². The van der Waals surface area contributed by atoms with Gasteiger partial charge < -0.3 is 29.2 Å². The fraction of sp³-hybridized carbons (Fsp3) is 0.632. The lowest BCUT2D eigenvalue weighted by atomic mass is 10.1. The molecule has 0 saturated heterocycles. The normalized spacial score (nSPS) is 19.2. The largest absolute Gasteiger partial charge is 0.573 e. The van der Waals surface area contributed by atoms with Gasteiger partial charge >= 0.3 is 12.7 Å². The zero-order chi connectivity index (χ0) is 25.1. The van der Waals surface area contributed by atoms with Gasteiger partial charge in [-0.2, -0.15) is 0 Å². The zero-order valence-corrected chi connectivity index (χ0v) is 18.1. The number of aliphatic hydroxyl groups is 2. The predicted octanol–water partition coefficient (Wildman–Crippen LogP) is 4.40. The lowest BCUT2D eigenvalue weighted by Gasteiger charge is -2.28. The van der Waals surface area contributed by atoms with Crippen molar-refractivity contribution in [1.82, 2.24) is 0 Å². The molecule has 1 aliphatic rings. The van der Waals surface area contributed by atoms with Gasteiger partial charge in [-0.3, -0.25) is 0 Å². The number of halogens is 6. The molecule has 2 rings (SSSR count). The Morgan fingerprint density at radius 3 is 1.88 bits per heavy atom. The van der Waals surface area contributed by atoms with Gasteiger partial charge in [0.2, 0.25) is 12.2 Å². The highest BCUT2D eigenvalue weighted by molar-refractivity contribution is 5.95. The van der Waals surface area contributed by atoms with Gasteiger partial charge in [0.25, 0.3) is 0 Å². The molecule has 0 radical (unpaired) electrons. The third-order valence-electron chi connectivity index (χ3n) is 3.48. The number of alkyl halides is 6. The summed E-state index contributed by atoms with van der Waals surface area (Å²) in [6.45, 7) is 5.51. The zero-order valence-electron chi connectivity index (χ0n) is 18.1. The third kappa shape index (κ3) is 11.4. The Bertz CT molecular complexity index is 674. The van der Waals surface area contributed by atoms with Crippen molar-refractivity contribution in [3.8, 4) is 11.5 Å². The summed E-state index contributed by atoms with van der Waals surface area (Å²) in [5.74, 6) is -2.15. The predicted molar refractivity (Wildman–Crippen MR) is 102 cm³/mol. The summed E-state index contributed by atoms with van der Waals surface area (Å²) in [5.41, 5.74) is -0.238. The number of hydrogen-bond donors (Lipinski definition) is 2. The van der Waals surface area contributed by atoms with Crippen LogP contribution in [0.4, 0.5) is 26.3 Å². The van der Waals surface area contributed by atoms with Crippen LogP contribution in [-0.2, 0) is 9.47 Å². The highest BCUT2D eigenvalue weighted by Gasteiger charge is 2.35. The summed E-state index contributed by atoms with van der Waals surface area (Å²) in [7, 11) is 2.31. The van der Waals surface area contributed by atoms with Crippen molar-refractivity contribution in [2.24, 2.45) is 4.99 Å². The summed E-state index contributed by atoms with van der Waals surface area (Å²) in [5, 5.41) is 16.5. The Hall–Kier alpha value is -2.25. The minimum atomic E-state index is -5.13. The maximum Gasteiger partial charge on any atom is 0.573 e. The van der Waals surface area contributed by atoms with Gasteiger partial charge in [-0.05, 0) is 25.5 Å². The van der Waals surface area contributed by atoms with Gasteiger partial charge in [0.05, 0.1) is 12.1 Å². The fourth-order valence-corrected chi connectivity index (χ4v) is 2.55. The molecule has 0 aromatic heterocycles. The minimum Gasteiger partial charge on any atom is -0.448 e. The van der Waals surface area contributed by atoms with Gasteiger partial charge in [-0.25, -0.2) is 4.99 Å². The van der Waals surface area contributed by atoms with Crippen LogP contribution in [0.2, 0.25) is 0 Å². The molecule has 3 unspecified atom stereocenters. The van der Waals surface area contributed by atoms with Crippen LogP contribution in [0, 0.1) is 0 Å². The number of hydrogen-bond acceptors (Lipinski definition) is 7. The minimum absolute atomic E-state index is 0.192. The molecule has 1 heterocycles. The summed E-state index contributed by atoms with van der Waals surface area (Å²) < 4.78 is 92.9. The lowest BCUT2D eigenvalue weighted by molar-refractivity contribution is -0.276. The van der Waals surface area contributed by atoms with Crippen LogP contribution < -0.4 is 9.47 Å². The molecule has 0 fully saturated rings. The molecule has 0 saturated carbocycles. The van der Waals surface area contributed by atoms with Crippen LogP contribution in [0.3, 0.4) is 0 Å². The van der Waals surface area contributed by atoms with E-state index in [9.17, 15) is 31.4 Å². The molecule has 7 nitrogen and oxygen atoms in total. The highest BCUT2D eigenvalue weighted by atomic mass is 19.4. The van der Waals surface area contributed by atoms with Gasteiger partial charge in [0.1, 0.15) is 11.5 Å². The summed E-state index contributed by atoms with van der Waals surface area (Å²) in [4.78, 5) is 4.15. The molecule has 2 N–H and O–H groups in total. The van der Waals surface area contributed by atoms with Crippen molar-refractivity contribution in [2.45, 2.75) is 64.8 Å². The number of aliphatic hydroxyl groups excluding tert-OH is 2. The van der Waals surface area contributed by atoms with Crippen molar-refractivity contribution in [2.75, 3.05) is 14.2 Å². The van der Waals surface area contributed by atoms with Crippen molar-refractivity contribution in [1.29, 1.82) is 0 Å². The lowest BCUT2D eigenvalue weighted by Crippen LogP contribution is -2.33. The molecule has 186 valence electrons. The SMILES string of the molecule is CC.CO.COC1CC(CC(C)O)N=C(c2cc(OC(F)(F)F)cc(OC(F)(F)F)c2)O1. The first-order valence-electron chi connectivity index (χ1n) is 9.41. The van der Waals surface area contributed by atoms with Crippen molar-refractivity contribution >= 4 is 5.90 Å². The molecule has 0 spiro atoms. The Balaban J connectivity index is 0.00000227. The first-order valence-corrected chi connectivity index (χ1v) is 9.41. The molecule has 1 aliphatic heterocycles. The fourth-order valence-electron chi connectivity index (χ4n) is 2.55. The molecular weight excluding hydrogens is 452 g/mol. The van der Waals surface area contributed by atoms with Crippen LogP contribution in [0.15, 0.2) is 23.2 Å². The van der Waals surface area contributed by atoms with Crippen LogP contribution in [0.5, 0.6) is 11.5 Å². The highest BCUT2D eigenvalue weighted by Crippen LogP contribution is 2.33. The van der Waals surface area contributed by atoms with Crippen molar-refractivity contribution < 1.29 is 55.5 Å². The Kier molecular flexibility index (Phi) is 12.4. The number of aliphatic imine (C=N–C) groups is 1. The van der Waals surface area contributed by atoms with Crippen molar-refractivity contribution in [3.05, 3.63) is 23.8 Å². The molecule has 1 aromatic rings. The second-order valence-electron chi connectivity index (χ2n) is 5.98. The van der Waals surface area contributed by atoms with E-state index < -0.39 is 42.7 Å². The number of benzene rings is 1. The summed E-state index contributed by atoms with van der Waals surface area (Å²) >= 11 is 0. The van der Waals surface area contributed by atoms with E-state index in [-0.39, 0.29) is 24.3 Å². The van der Waals surface area contributed by atoms with Crippen LogP contribution in [-0.4, -0.2) is 61.5 Å². The monoisotopic (exact) mass is 479 g/mol. The molecule has 13 heteroatoms. The molecule has 0 aliphatic carbocycles. The molecule has 0 bridgehead atoms. The van der Waals surface area contributed by atoms with E-state index in [1.165, 1.54) is 14.0 Å². The number of rotatable bonds is 6. The Labute approximate surface area is 181 Å². The first-order chi connectivity index (χ1) is 14.8. The molecule has 0 amide bonds. The number of nitrogens with zero attached hydrogens (tertiary/aromatic N) is 1. The Morgan fingerprint density at radius 1 is 1.03 bits per heavy atom. The summed E-state index contributed by atoms with van der Waals surface area (Å²) in [6.07, 6.45) is -11.4. The summed E-state index contributed by atoms with van der Waals surface area (Å²) in [6, 6.07) is 1.54. The molecular formula is C19H27F6NO6. The number of ether oxygens (including phenoxy) is 4. The molecule has 3 atom stereocenters. The average Bonchev–Trinajstić information content (AvgIpc) is 2.67. The molecule has 1 aromatic carbocycles. The second kappa shape index (κ2) is 13.3. The average molecular weight is 479 g/mol. The maximum absolute atomic E-state index is 12.5. The Morgan fingerprint density at radius 2 is 1.50 bits per heavy atom. The van der Waals surface area contributed by atoms with Gasteiger partial charge in [-0.1, -0.05) is 13.8 Å². The van der Waals surface area contributed by atoms with Gasteiger partial charge in [0, 0.05) is 32.3 Å². The molecule has 32 heavy (non-hydrogen) atoms. The van der Waals surface area contributed by atoms with Crippen molar-refractivity contribution in [3.63, 3.8) is 0 Å². The van der Waals surface area contributed by atoms with E-state index in [0.717, 1.165) is 19.2 Å².